The van der Waals surface area contributed by atoms with Gasteiger partial charge in [0.05, 0.1) is 39.0 Å². The van der Waals surface area contributed by atoms with Crippen molar-refractivity contribution in [2.75, 3.05) is 0 Å². The largest absolute Gasteiger partial charge is 0.306 e. The lowest BCUT2D eigenvalue weighted by atomic mass is 9.98. The smallest absolute Gasteiger partial charge is 0.160 e. The Kier molecular flexibility index (Phi) is 5.78. The second kappa shape index (κ2) is 10.2. The molecule has 0 fully saturated rings. The van der Waals surface area contributed by atoms with Crippen LogP contribution in [0.1, 0.15) is 0 Å². The van der Waals surface area contributed by atoms with Crippen LogP contribution >= 0.6 is 0 Å². The third-order valence-corrected chi connectivity index (χ3v) is 8.57. The lowest BCUT2D eigenvalue weighted by Crippen LogP contribution is -1.95. The van der Waals surface area contributed by atoms with Crippen molar-refractivity contribution in [3.8, 4) is 45.0 Å². The summed E-state index contributed by atoms with van der Waals surface area (Å²) >= 11 is 0. The molecule has 3 aromatic heterocycles. The summed E-state index contributed by atoms with van der Waals surface area (Å²) < 4.78 is 2.33. The highest BCUT2D eigenvalue weighted by molar-refractivity contribution is 5.99. The quantitative estimate of drug-likeness (QED) is 0.210. The molecule has 0 atom stereocenters. The molecule has 45 heavy (non-hydrogen) atoms. The molecule has 4 heteroatoms. The normalized spacial score (nSPS) is 11.6. The van der Waals surface area contributed by atoms with Crippen molar-refractivity contribution in [1.29, 1.82) is 0 Å². The first-order valence-corrected chi connectivity index (χ1v) is 15.1. The fraction of sp³-hybridized carbons (Fsp3) is 0. The van der Waals surface area contributed by atoms with Crippen molar-refractivity contribution < 1.29 is 0 Å². The molecule has 9 aromatic rings. The zero-order valence-corrected chi connectivity index (χ0v) is 24.3. The lowest BCUT2D eigenvalue weighted by molar-refractivity contribution is 1.23. The van der Waals surface area contributed by atoms with E-state index < -0.39 is 0 Å². The van der Waals surface area contributed by atoms with Gasteiger partial charge in [0.25, 0.3) is 0 Å². The summed E-state index contributed by atoms with van der Waals surface area (Å²) in [6, 6.07) is 54.9. The molecule has 0 aliphatic carbocycles. The van der Waals surface area contributed by atoms with Crippen LogP contribution in [0, 0.1) is 0 Å². The van der Waals surface area contributed by atoms with Crippen LogP contribution < -0.4 is 0 Å². The van der Waals surface area contributed by atoms with Crippen molar-refractivity contribution in [1.82, 2.24) is 19.4 Å². The van der Waals surface area contributed by atoms with Crippen LogP contribution in [0.4, 0.5) is 0 Å². The summed E-state index contributed by atoms with van der Waals surface area (Å²) in [6.45, 7) is 0. The predicted molar refractivity (Wildman–Crippen MR) is 185 cm³/mol. The maximum Gasteiger partial charge on any atom is 0.160 e. The average Bonchev–Trinajstić information content (AvgIpc) is 3.51. The molecular weight excluding hydrogens is 548 g/mol. The maximum atomic E-state index is 5.15. The van der Waals surface area contributed by atoms with Crippen molar-refractivity contribution in [3.63, 3.8) is 0 Å². The van der Waals surface area contributed by atoms with Gasteiger partial charge in [0, 0.05) is 27.5 Å². The molecule has 0 radical (unpaired) electrons. The van der Waals surface area contributed by atoms with Crippen molar-refractivity contribution >= 4 is 38.4 Å². The number of para-hydroxylation sites is 4. The molecule has 0 spiro atoms. The summed E-state index contributed by atoms with van der Waals surface area (Å²) in [4.78, 5) is 15.1. The van der Waals surface area contributed by atoms with Gasteiger partial charge in [-0.3, -0.25) is 0 Å². The van der Waals surface area contributed by atoms with E-state index in [1.807, 2.05) is 30.3 Å². The van der Waals surface area contributed by atoms with Crippen LogP contribution in [0.2, 0.25) is 0 Å². The molecular formula is C41H26N4. The Bertz CT molecular complexity index is 2530. The highest BCUT2D eigenvalue weighted by atomic mass is 14.9. The van der Waals surface area contributed by atoms with Crippen molar-refractivity contribution in [3.05, 3.63) is 158 Å². The number of fused-ring (bicyclic) bond motifs is 6. The second-order valence-corrected chi connectivity index (χ2v) is 11.3. The van der Waals surface area contributed by atoms with Gasteiger partial charge >= 0.3 is 0 Å². The lowest BCUT2D eigenvalue weighted by Gasteiger charge is -2.12. The number of nitrogens with zero attached hydrogens (tertiary/aromatic N) is 4. The van der Waals surface area contributed by atoms with Gasteiger partial charge in [-0.2, -0.15) is 0 Å². The fourth-order valence-electron chi connectivity index (χ4n) is 6.41. The van der Waals surface area contributed by atoms with E-state index in [1.165, 1.54) is 10.9 Å². The molecule has 4 nitrogen and oxygen atoms in total. The van der Waals surface area contributed by atoms with Gasteiger partial charge in [-0.05, 0) is 47.5 Å². The molecule has 0 N–H and O–H groups in total. The number of hydrogen-bond acceptors (Lipinski definition) is 3. The topological polar surface area (TPSA) is 43.1 Å². The summed E-state index contributed by atoms with van der Waals surface area (Å²) in [6.07, 6.45) is 0. The highest BCUT2D eigenvalue weighted by Crippen LogP contribution is 2.35. The van der Waals surface area contributed by atoms with Gasteiger partial charge in [-0.25, -0.2) is 15.0 Å². The Morgan fingerprint density at radius 3 is 1.89 bits per heavy atom. The summed E-state index contributed by atoms with van der Waals surface area (Å²) in [5.74, 6) is 0.728. The third-order valence-electron chi connectivity index (χ3n) is 8.57. The highest BCUT2D eigenvalue weighted by Gasteiger charge is 2.15. The number of rotatable bonds is 4. The number of hydrogen-bond donors (Lipinski definition) is 0. The average molecular weight is 575 g/mol. The van der Waals surface area contributed by atoms with E-state index in [9.17, 15) is 0 Å². The number of benzene rings is 6. The molecule has 3 heterocycles. The van der Waals surface area contributed by atoms with E-state index in [0.717, 1.165) is 72.5 Å². The standard InChI is InChI=1S/C41H26N4/c1-2-11-29(12-3-1)41-43-34-17-6-5-16-33(34)39(44-41)32-15-10-14-30(25-32)27-21-23-28(24-22-27)40-38-26-31-13-4-8-19-36(31)45(38)37-20-9-7-18-35(37)42-40/h1-26H. The first-order chi connectivity index (χ1) is 22.3. The van der Waals surface area contributed by atoms with Gasteiger partial charge in [-0.15, -0.1) is 0 Å². The van der Waals surface area contributed by atoms with Crippen LogP contribution in [0.5, 0.6) is 0 Å². The maximum absolute atomic E-state index is 5.15. The van der Waals surface area contributed by atoms with E-state index in [-0.39, 0.29) is 0 Å². The fourth-order valence-corrected chi connectivity index (χ4v) is 6.41. The van der Waals surface area contributed by atoms with Crippen LogP contribution in [-0.2, 0) is 0 Å². The monoisotopic (exact) mass is 574 g/mol. The van der Waals surface area contributed by atoms with Crippen molar-refractivity contribution in [2.24, 2.45) is 0 Å². The SMILES string of the molecule is c1ccc(-c2nc(-c3cccc(-c4ccc(-c5nc6ccccc6n6c5cc5ccccc56)cc4)c3)c3ccccc3n2)cc1. The van der Waals surface area contributed by atoms with E-state index >= 15 is 0 Å². The minimum absolute atomic E-state index is 0.728. The Labute approximate surface area is 259 Å². The third kappa shape index (κ3) is 4.27. The van der Waals surface area contributed by atoms with E-state index in [2.05, 4.69) is 132 Å². The van der Waals surface area contributed by atoms with E-state index in [0.29, 0.717) is 0 Å². The van der Waals surface area contributed by atoms with Crippen LogP contribution in [0.25, 0.3) is 83.4 Å². The van der Waals surface area contributed by atoms with E-state index in [1.54, 1.807) is 0 Å². The summed E-state index contributed by atoms with van der Waals surface area (Å²) in [5, 5.41) is 2.24. The van der Waals surface area contributed by atoms with Gasteiger partial charge in [0.15, 0.2) is 5.82 Å². The Hall–Kier alpha value is -6.13. The molecule has 210 valence electrons. The van der Waals surface area contributed by atoms with Crippen molar-refractivity contribution in [2.45, 2.75) is 0 Å². The first kappa shape index (κ1) is 25.4. The number of aromatic nitrogens is 4. The zero-order chi connectivity index (χ0) is 29.7. The minimum atomic E-state index is 0.728. The van der Waals surface area contributed by atoms with Gasteiger partial charge in [0.2, 0.25) is 0 Å². The van der Waals surface area contributed by atoms with Crippen LogP contribution in [-0.4, -0.2) is 19.4 Å². The molecule has 0 aliphatic heterocycles. The molecule has 0 unspecified atom stereocenters. The van der Waals surface area contributed by atoms with Gasteiger partial charge in [0.1, 0.15) is 0 Å². The predicted octanol–water partition coefficient (Wildman–Crippen LogP) is 10.3. The first-order valence-electron chi connectivity index (χ1n) is 15.1. The Morgan fingerprint density at radius 2 is 1.02 bits per heavy atom. The molecule has 0 aliphatic rings. The zero-order valence-electron chi connectivity index (χ0n) is 24.3. The van der Waals surface area contributed by atoms with E-state index in [4.69, 9.17) is 15.0 Å². The molecule has 6 aromatic carbocycles. The van der Waals surface area contributed by atoms with Crippen LogP contribution in [0.3, 0.4) is 0 Å². The minimum Gasteiger partial charge on any atom is -0.306 e. The second-order valence-electron chi connectivity index (χ2n) is 11.3. The molecule has 9 rings (SSSR count). The molecule has 0 amide bonds. The Morgan fingerprint density at radius 1 is 0.356 bits per heavy atom. The molecule has 0 saturated carbocycles. The molecule has 0 bridgehead atoms. The Balaban J connectivity index is 1.15. The van der Waals surface area contributed by atoms with Gasteiger partial charge < -0.3 is 4.40 Å². The summed E-state index contributed by atoms with van der Waals surface area (Å²) in [5.41, 5.74) is 12.6. The van der Waals surface area contributed by atoms with Crippen LogP contribution in [0.15, 0.2) is 158 Å². The molecule has 0 saturated heterocycles. The van der Waals surface area contributed by atoms with Gasteiger partial charge in [-0.1, -0.05) is 121 Å². The summed E-state index contributed by atoms with van der Waals surface area (Å²) in [7, 11) is 0.